The second-order valence-corrected chi connectivity index (χ2v) is 7.73. The van der Waals surface area contributed by atoms with E-state index in [1.807, 2.05) is 0 Å². The molecule has 1 fully saturated rings. The molecule has 0 aliphatic carbocycles. The predicted octanol–water partition coefficient (Wildman–Crippen LogP) is 3.50. The summed E-state index contributed by atoms with van der Waals surface area (Å²) >= 11 is 3.29. The lowest BCUT2D eigenvalue weighted by atomic mass is 10.0. The molecule has 0 spiro atoms. The van der Waals surface area contributed by atoms with Crippen molar-refractivity contribution in [3.8, 4) is 11.1 Å². The van der Waals surface area contributed by atoms with Gasteiger partial charge in [0.1, 0.15) is 23.7 Å². The normalized spacial score (nSPS) is 16.4. The lowest BCUT2D eigenvalue weighted by Crippen LogP contribution is -2.35. The fourth-order valence-electron chi connectivity index (χ4n) is 3.40. The van der Waals surface area contributed by atoms with Crippen LogP contribution >= 0.6 is 15.9 Å². The molecule has 0 saturated carbocycles. The van der Waals surface area contributed by atoms with Crippen LogP contribution in [0, 0.1) is 11.6 Å². The highest BCUT2D eigenvalue weighted by molar-refractivity contribution is 9.10. The molecule has 1 aromatic heterocycles. The molecule has 0 bridgehead atoms. The third-order valence-corrected chi connectivity index (χ3v) is 5.28. The molecule has 1 aliphatic rings. The second-order valence-electron chi connectivity index (χ2n) is 6.82. The zero-order chi connectivity index (χ0) is 21.6. The second kappa shape index (κ2) is 7.62. The molecule has 0 radical (unpaired) electrons. The number of rotatable bonds is 3. The molecule has 30 heavy (non-hydrogen) atoms. The van der Waals surface area contributed by atoms with Crippen molar-refractivity contribution in [3.63, 3.8) is 0 Å². The molecule has 1 aliphatic heterocycles. The molecule has 154 valence electrons. The maximum absolute atomic E-state index is 14.8. The number of hydroxylamine groups is 2. The van der Waals surface area contributed by atoms with E-state index in [2.05, 4.69) is 21.0 Å². The predicted molar refractivity (Wildman–Crippen MR) is 105 cm³/mol. The van der Waals surface area contributed by atoms with Gasteiger partial charge in [-0.1, -0.05) is 28.1 Å². The first-order valence-electron chi connectivity index (χ1n) is 8.81. The summed E-state index contributed by atoms with van der Waals surface area (Å²) in [6.45, 7) is -0.518. The third kappa shape index (κ3) is 3.48. The fraction of sp³-hybridized carbons (Fsp3) is 0.150. The van der Waals surface area contributed by atoms with Crippen molar-refractivity contribution < 1.29 is 23.6 Å². The Balaban J connectivity index is 1.73. The summed E-state index contributed by atoms with van der Waals surface area (Å²) in [5.41, 5.74) is 0.309. The van der Waals surface area contributed by atoms with Gasteiger partial charge >= 0.3 is 0 Å². The SMILES string of the molecule is Cn1cc(-c2cc(F)c(C(=O)N3CC(=O)N(O)C3c3cccc(Br)c3)c(F)c2)cn1. The molecular formula is C20H15BrF2N4O3. The molecule has 1 atom stereocenters. The summed E-state index contributed by atoms with van der Waals surface area (Å²) in [6.07, 6.45) is 1.82. The van der Waals surface area contributed by atoms with E-state index in [9.17, 15) is 23.6 Å². The minimum absolute atomic E-state index is 0.222. The van der Waals surface area contributed by atoms with Crippen molar-refractivity contribution in [3.05, 3.63) is 76.0 Å². The van der Waals surface area contributed by atoms with Crippen molar-refractivity contribution in [2.24, 2.45) is 7.05 Å². The Bertz CT molecular complexity index is 1140. The van der Waals surface area contributed by atoms with Gasteiger partial charge in [-0.2, -0.15) is 10.2 Å². The molecule has 1 N–H and O–H groups in total. The standard InChI is InChI=1S/C20H15BrF2N4O3/c1-25-9-13(8-24-25)12-6-15(22)18(16(23)7-12)20(29)26-10-17(28)27(30)19(26)11-3-2-4-14(21)5-11/h2-9,19,30H,10H2,1H3. The maximum atomic E-state index is 14.8. The summed E-state index contributed by atoms with van der Waals surface area (Å²) in [7, 11) is 1.67. The Labute approximate surface area is 178 Å². The number of aromatic nitrogens is 2. The number of carbonyl (C=O) groups is 2. The number of halogens is 3. The van der Waals surface area contributed by atoms with Crippen molar-refractivity contribution in [2.75, 3.05) is 6.54 Å². The largest absolute Gasteiger partial charge is 0.302 e. The summed E-state index contributed by atoms with van der Waals surface area (Å²) in [6, 6.07) is 8.65. The van der Waals surface area contributed by atoms with Crippen LogP contribution in [0.2, 0.25) is 0 Å². The summed E-state index contributed by atoms with van der Waals surface area (Å²) < 4.78 is 31.8. The Hall–Kier alpha value is -3.11. The van der Waals surface area contributed by atoms with Gasteiger partial charge in [-0.3, -0.25) is 19.5 Å². The van der Waals surface area contributed by atoms with Gasteiger partial charge in [0.2, 0.25) is 0 Å². The zero-order valence-electron chi connectivity index (χ0n) is 15.6. The number of hydrogen-bond donors (Lipinski definition) is 1. The van der Waals surface area contributed by atoms with Crippen LogP contribution in [0.3, 0.4) is 0 Å². The van der Waals surface area contributed by atoms with Gasteiger partial charge < -0.3 is 4.90 Å². The van der Waals surface area contributed by atoms with E-state index in [4.69, 9.17) is 0 Å². The van der Waals surface area contributed by atoms with Gasteiger partial charge in [0.15, 0.2) is 6.17 Å². The first-order valence-corrected chi connectivity index (χ1v) is 9.61. The van der Waals surface area contributed by atoms with Crippen molar-refractivity contribution in [2.45, 2.75) is 6.17 Å². The van der Waals surface area contributed by atoms with E-state index >= 15 is 0 Å². The van der Waals surface area contributed by atoms with Crippen molar-refractivity contribution in [1.29, 1.82) is 0 Å². The minimum Gasteiger partial charge on any atom is -0.302 e. The smallest absolute Gasteiger partial charge is 0.267 e. The quantitative estimate of drug-likeness (QED) is 0.586. The van der Waals surface area contributed by atoms with Crippen LogP contribution in [0.1, 0.15) is 22.1 Å². The third-order valence-electron chi connectivity index (χ3n) is 4.79. The van der Waals surface area contributed by atoms with Gasteiger partial charge in [0.05, 0.1) is 6.20 Å². The monoisotopic (exact) mass is 476 g/mol. The van der Waals surface area contributed by atoms with Crippen LogP contribution in [-0.4, -0.2) is 43.3 Å². The van der Waals surface area contributed by atoms with E-state index in [0.29, 0.717) is 20.7 Å². The molecular weight excluding hydrogens is 462 g/mol. The first-order chi connectivity index (χ1) is 14.3. The van der Waals surface area contributed by atoms with E-state index in [-0.39, 0.29) is 5.56 Å². The first kappa shape index (κ1) is 20.2. The van der Waals surface area contributed by atoms with Crippen LogP contribution in [0.4, 0.5) is 8.78 Å². The molecule has 2 amide bonds. The Morgan fingerprint density at radius 1 is 1.20 bits per heavy atom. The van der Waals surface area contributed by atoms with Crippen LogP contribution in [-0.2, 0) is 11.8 Å². The van der Waals surface area contributed by atoms with Gasteiger partial charge in [-0.25, -0.2) is 8.78 Å². The summed E-state index contributed by atoms with van der Waals surface area (Å²) in [5, 5.41) is 14.5. The number of benzene rings is 2. The number of amides is 2. The average molecular weight is 477 g/mol. The Kier molecular flexibility index (Phi) is 5.12. The molecule has 2 aromatic carbocycles. The van der Waals surface area contributed by atoms with E-state index in [0.717, 1.165) is 17.0 Å². The van der Waals surface area contributed by atoms with E-state index < -0.39 is 41.7 Å². The number of carbonyl (C=O) groups excluding carboxylic acids is 2. The fourth-order valence-corrected chi connectivity index (χ4v) is 3.82. The number of aryl methyl sites for hydroxylation is 1. The Morgan fingerprint density at radius 2 is 1.90 bits per heavy atom. The molecule has 4 rings (SSSR count). The van der Waals surface area contributed by atoms with Gasteiger partial charge in [0.25, 0.3) is 11.8 Å². The van der Waals surface area contributed by atoms with Gasteiger partial charge in [0, 0.05) is 23.3 Å². The van der Waals surface area contributed by atoms with Crippen LogP contribution in [0.15, 0.2) is 53.3 Å². The van der Waals surface area contributed by atoms with Crippen molar-refractivity contribution >= 4 is 27.7 Å². The Morgan fingerprint density at radius 3 is 2.50 bits per heavy atom. The summed E-state index contributed by atoms with van der Waals surface area (Å²) in [4.78, 5) is 26.0. The van der Waals surface area contributed by atoms with Gasteiger partial charge in [-0.05, 0) is 35.4 Å². The minimum atomic E-state index is -1.21. The number of nitrogens with zero attached hydrogens (tertiary/aromatic N) is 4. The highest BCUT2D eigenvalue weighted by Gasteiger charge is 2.43. The molecule has 2 heterocycles. The summed E-state index contributed by atoms with van der Waals surface area (Å²) in [5.74, 6) is -3.95. The molecule has 7 nitrogen and oxygen atoms in total. The molecule has 3 aromatic rings. The van der Waals surface area contributed by atoms with E-state index in [1.165, 1.54) is 10.9 Å². The lowest BCUT2D eigenvalue weighted by molar-refractivity contribution is -0.168. The van der Waals surface area contributed by atoms with E-state index in [1.54, 1.807) is 37.5 Å². The topological polar surface area (TPSA) is 78.7 Å². The van der Waals surface area contributed by atoms with Gasteiger partial charge in [-0.15, -0.1) is 0 Å². The lowest BCUT2D eigenvalue weighted by Gasteiger charge is -2.27. The zero-order valence-corrected chi connectivity index (χ0v) is 17.2. The van der Waals surface area contributed by atoms with Crippen molar-refractivity contribution in [1.82, 2.24) is 19.7 Å². The van der Waals surface area contributed by atoms with Crippen LogP contribution in [0.5, 0.6) is 0 Å². The molecule has 1 saturated heterocycles. The highest BCUT2D eigenvalue weighted by Crippen LogP contribution is 2.33. The average Bonchev–Trinajstić information content (AvgIpc) is 3.25. The molecule has 1 unspecified atom stereocenters. The number of hydrogen-bond acceptors (Lipinski definition) is 4. The highest BCUT2D eigenvalue weighted by atomic mass is 79.9. The van der Waals surface area contributed by atoms with Crippen LogP contribution < -0.4 is 0 Å². The van der Waals surface area contributed by atoms with Crippen LogP contribution in [0.25, 0.3) is 11.1 Å². The molecule has 10 heteroatoms. The maximum Gasteiger partial charge on any atom is 0.267 e.